The predicted molar refractivity (Wildman–Crippen MR) is 76.1 cm³/mol. The molecule has 2 N–H and O–H groups in total. The Morgan fingerprint density at radius 3 is 2.62 bits per heavy atom. The Morgan fingerprint density at radius 1 is 1.12 bits per heavy atom. The van der Waals surface area contributed by atoms with Crippen LogP contribution in [0.25, 0.3) is 0 Å². The number of benzene rings is 1. The highest BCUT2D eigenvalue weighted by molar-refractivity contribution is 14.1. The van der Waals surface area contributed by atoms with E-state index in [0.29, 0.717) is 0 Å². The van der Waals surface area contributed by atoms with Crippen LogP contribution in [0.15, 0.2) is 41.8 Å². The van der Waals surface area contributed by atoms with Crippen LogP contribution in [0.3, 0.4) is 0 Å². The summed E-state index contributed by atoms with van der Waals surface area (Å²) in [5, 5.41) is 8.32. The molecule has 2 amide bonds. The molecule has 0 spiro atoms. The SMILES string of the molecule is O=C(Nc1cccs1)Nc1ccccc1I. The van der Waals surface area contributed by atoms with Crippen LogP contribution in [0, 0.1) is 3.57 Å². The molecule has 2 rings (SSSR count). The number of thiophene rings is 1. The van der Waals surface area contributed by atoms with Crippen molar-refractivity contribution >= 4 is 50.6 Å². The molecule has 0 unspecified atom stereocenters. The molecule has 3 nitrogen and oxygen atoms in total. The minimum absolute atomic E-state index is 0.216. The molecule has 0 saturated carbocycles. The fourth-order valence-corrected chi connectivity index (χ4v) is 2.31. The monoisotopic (exact) mass is 344 g/mol. The van der Waals surface area contributed by atoms with Gasteiger partial charge < -0.3 is 5.32 Å². The van der Waals surface area contributed by atoms with E-state index < -0.39 is 0 Å². The van der Waals surface area contributed by atoms with Gasteiger partial charge in [0, 0.05) is 3.57 Å². The molecule has 0 aliphatic rings. The molecule has 2 aromatic rings. The maximum Gasteiger partial charge on any atom is 0.324 e. The predicted octanol–water partition coefficient (Wildman–Crippen LogP) is 4.00. The topological polar surface area (TPSA) is 41.1 Å². The number of para-hydroxylation sites is 1. The number of hydrogen-bond acceptors (Lipinski definition) is 2. The molecule has 0 fully saturated rings. The van der Waals surface area contributed by atoms with E-state index in [2.05, 4.69) is 33.2 Å². The maximum atomic E-state index is 11.6. The number of anilines is 2. The second kappa shape index (κ2) is 5.31. The molecule has 0 bridgehead atoms. The Hall–Kier alpha value is -1.08. The third kappa shape index (κ3) is 2.96. The fourth-order valence-electron chi connectivity index (χ4n) is 1.18. The van der Waals surface area contributed by atoms with Gasteiger partial charge in [0.1, 0.15) is 0 Å². The first-order chi connectivity index (χ1) is 7.75. The first-order valence-corrected chi connectivity index (χ1v) is 6.57. The third-order valence-corrected chi connectivity index (χ3v) is 3.61. The lowest BCUT2D eigenvalue weighted by molar-refractivity contribution is 0.262. The number of amides is 2. The van der Waals surface area contributed by atoms with E-state index >= 15 is 0 Å². The van der Waals surface area contributed by atoms with Crippen molar-refractivity contribution in [2.24, 2.45) is 0 Å². The second-order valence-electron chi connectivity index (χ2n) is 3.04. The number of carbonyl (C=O) groups is 1. The Kier molecular flexibility index (Phi) is 3.79. The maximum absolute atomic E-state index is 11.6. The Morgan fingerprint density at radius 2 is 1.94 bits per heavy atom. The van der Waals surface area contributed by atoms with Gasteiger partial charge in [-0.05, 0) is 52.2 Å². The molecular formula is C11H9IN2OS. The number of hydrogen-bond donors (Lipinski definition) is 2. The summed E-state index contributed by atoms with van der Waals surface area (Å²) in [5.41, 5.74) is 0.817. The molecule has 0 aliphatic heterocycles. The van der Waals surface area contributed by atoms with E-state index in [0.717, 1.165) is 14.3 Å². The lowest BCUT2D eigenvalue weighted by Crippen LogP contribution is -2.19. The van der Waals surface area contributed by atoms with Gasteiger partial charge in [0.15, 0.2) is 0 Å². The molecule has 82 valence electrons. The molecular weight excluding hydrogens is 335 g/mol. The van der Waals surface area contributed by atoms with E-state index in [1.54, 1.807) is 0 Å². The van der Waals surface area contributed by atoms with Crippen molar-refractivity contribution in [1.82, 2.24) is 0 Å². The van der Waals surface area contributed by atoms with Crippen molar-refractivity contribution in [3.8, 4) is 0 Å². The summed E-state index contributed by atoms with van der Waals surface area (Å²) in [6.45, 7) is 0. The molecule has 0 atom stereocenters. The van der Waals surface area contributed by atoms with Crippen LogP contribution in [-0.2, 0) is 0 Å². The standard InChI is InChI=1S/C11H9IN2OS/c12-8-4-1-2-5-9(8)13-11(15)14-10-6-3-7-16-10/h1-7H,(H2,13,14,15). The number of carbonyl (C=O) groups excluding carboxylic acids is 1. The molecule has 1 heterocycles. The van der Waals surface area contributed by atoms with E-state index in [1.165, 1.54) is 11.3 Å². The van der Waals surface area contributed by atoms with E-state index in [4.69, 9.17) is 0 Å². The lowest BCUT2D eigenvalue weighted by atomic mass is 10.3. The summed E-state index contributed by atoms with van der Waals surface area (Å²) >= 11 is 3.68. The number of halogens is 1. The average molecular weight is 344 g/mol. The molecule has 16 heavy (non-hydrogen) atoms. The zero-order valence-corrected chi connectivity index (χ0v) is 11.2. The van der Waals surface area contributed by atoms with E-state index in [9.17, 15) is 4.79 Å². The average Bonchev–Trinajstić information content (AvgIpc) is 2.74. The van der Waals surface area contributed by atoms with Crippen molar-refractivity contribution in [3.05, 3.63) is 45.3 Å². The molecule has 0 aliphatic carbocycles. The quantitative estimate of drug-likeness (QED) is 0.795. The second-order valence-corrected chi connectivity index (χ2v) is 5.15. The first kappa shape index (κ1) is 11.4. The highest BCUT2D eigenvalue weighted by atomic mass is 127. The van der Waals surface area contributed by atoms with E-state index in [1.807, 2.05) is 41.8 Å². The van der Waals surface area contributed by atoms with E-state index in [-0.39, 0.29) is 6.03 Å². The van der Waals surface area contributed by atoms with Crippen LogP contribution >= 0.6 is 33.9 Å². The lowest BCUT2D eigenvalue weighted by Gasteiger charge is -2.07. The van der Waals surface area contributed by atoms with Gasteiger partial charge in [-0.3, -0.25) is 5.32 Å². The van der Waals surface area contributed by atoms with Crippen molar-refractivity contribution in [1.29, 1.82) is 0 Å². The van der Waals surface area contributed by atoms with Crippen LogP contribution in [0.5, 0.6) is 0 Å². The number of urea groups is 1. The molecule has 5 heteroatoms. The summed E-state index contributed by atoms with van der Waals surface area (Å²) in [6, 6.07) is 11.2. The van der Waals surface area contributed by atoms with Crippen LogP contribution < -0.4 is 10.6 Å². The van der Waals surface area contributed by atoms with Crippen LogP contribution in [0.2, 0.25) is 0 Å². The van der Waals surface area contributed by atoms with Gasteiger partial charge in [-0.25, -0.2) is 4.79 Å². The molecule has 0 radical (unpaired) electrons. The zero-order valence-electron chi connectivity index (χ0n) is 8.24. The zero-order chi connectivity index (χ0) is 11.4. The molecule has 1 aromatic heterocycles. The highest BCUT2D eigenvalue weighted by Crippen LogP contribution is 2.18. The van der Waals surface area contributed by atoms with Crippen molar-refractivity contribution in [3.63, 3.8) is 0 Å². The van der Waals surface area contributed by atoms with Gasteiger partial charge in [0.25, 0.3) is 0 Å². The first-order valence-electron chi connectivity index (χ1n) is 4.62. The fraction of sp³-hybridized carbons (Fsp3) is 0. The van der Waals surface area contributed by atoms with Gasteiger partial charge in [0.05, 0.1) is 10.7 Å². The van der Waals surface area contributed by atoms with Crippen molar-refractivity contribution in [2.45, 2.75) is 0 Å². The highest BCUT2D eigenvalue weighted by Gasteiger charge is 2.04. The summed E-state index contributed by atoms with van der Waals surface area (Å²) in [6.07, 6.45) is 0. The number of rotatable bonds is 2. The minimum atomic E-state index is -0.216. The van der Waals surface area contributed by atoms with Gasteiger partial charge >= 0.3 is 6.03 Å². The van der Waals surface area contributed by atoms with Crippen LogP contribution in [0.1, 0.15) is 0 Å². The summed E-state index contributed by atoms with van der Waals surface area (Å²) in [7, 11) is 0. The van der Waals surface area contributed by atoms with Crippen LogP contribution in [-0.4, -0.2) is 6.03 Å². The minimum Gasteiger partial charge on any atom is -0.307 e. The third-order valence-electron chi connectivity index (χ3n) is 1.88. The Labute approximate surface area is 111 Å². The molecule has 0 saturated heterocycles. The van der Waals surface area contributed by atoms with Gasteiger partial charge in [-0.15, -0.1) is 11.3 Å². The smallest absolute Gasteiger partial charge is 0.307 e. The van der Waals surface area contributed by atoms with Crippen molar-refractivity contribution < 1.29 is 4.79 Å². The Bertz CT molecular complexity index is 484. The number of nitrogens with one attached hydrogen (secondary N) is 2. The summed E-state index contributed by atoms with van der Waals surface area (Å²) in [4.78, 5) is 11.6. The van der Waals surface area contributed by atoms with Crippen LogP contribution in [0.4, 0.5) is 15.5 Å². The van der Waals surface area contributed by atoms with Crippen molar-refractivity contribution in [2.75, 3.05) is 10.6 Å². The summed E-state index contributed by atoms with van der Waals surface area (Å²) < 4.78 is 1.02. The Balaban J connectivity index is 2.00. The normalized spacial score (nSPS) is 9.81. The molecule has 1 aromatic carbocycles. The largest absolute Gasteiger partial charge is 0.324 e. The van der Waals surface area contributed by atoms with Gasteiger partial charge in [-0.1, -0.05) is 12.1 Å². The van der Waals surface area contributed by atoms with Gasteiger partial charge in [0.2, 0.25) is 0 Å². The summed E-state index contributed by atoms with van der Waals surface area (Å²) in [5.74, 6) is 0. The van der Waals surface area contributed by atoms with Gasteiger partial charge in [-0.2, -0.15) is 0 Å².